The Balaban J connectivity index is 1.44. The molecule has 176 valence electrons. The van der Waals surface area contributed by atoms with Crippen molar-refractivity contribution in [1.29, 1.82) is 0 Å². The van der Waals surface area contributed by atoms with Crippen LogP contribution in [-0.4, -0.2) is 9.66 Å². The lowest BCUT2D eigenvalue weighted by Gasteiger charge is -2.30. The molecular formula is C34H25N3. The van der Waals surface area contributed by atoms with Crippen molar-refractivity contribution in [1.82, 2.24) is 9.66 Å². The molecule has 0 saturated carbocycles. The van der Waals surface area contributed by atoms with Crippen molar-refractivity contribution < 1.29 is 0 Å². The Morgan fingerprint density at radius 2 is 1.51 bits per heavy atom. The predicted octanol–water partition coefficient (Wildman–Crippen LogP) is 8.42. The third kappa shape index (κ3) is 2.69. The van der Waals surface area contributed by atoms with Crippen LogP contribution < -0.4 is 5.01 Å². The van der Waals surface area contributed by atoms with Gasteiger partial charge in [-0.05, 0) is 63.5 Å². The molecule has 1 aromatic heterocycles. The van der Waals surface area contributed by atoms with Gasteiger partial charge < -0.3 is 0 Å². The molecule has 3 nitrogen and oxygen atoms in total. The van der Waals surface area contributed by atoms with E-state index >= 15 is 0 Å². The summed E-state index contributed by atoms with van der Waals surface area (Å²) in [4.78, 5) is 5.07. The second kappa shape index (κ2) is 7.21. The van der Waals surface area contributed by atoms with Crippen LogP contribution in [0.2, 0.25) is 0 Å². The second-order valence-electron chi connectivity index (χ2n) is 10.5. The number of aromatic nitrogens is 2. The minimum absolute atomic E-state index is 0.0291. The van der Waals surface area contributed by atoms with E-state index in [0.717, 1.165) is 22.4 Å². The average molecular weight is 476 g/mol. The summed E-state index contributed by atoms with van der Waals surface area (Å²) < 4.78 is 2.25. The van der Waals surface area contributed by atoms with Gasteiger partial charge >= 0.3 is 0 Å². The van der Waals surface area contributed by atoms with Crippen molar-refractivity contribution in [2.75, 3.05) is 5.01 Å². The third-order valence-electron chi connectivity index (χ3n) is 8.14. The lowest BCUT2D eigenvalue weighted by molar-refractivity contribution is 0.661. The number of hydrogen-bond acceptors (Lipinski definition) is 2. The molecule has 2 aliphatic rings. The van der Waals surface area contributed by atoms with Gasteiger partial charge in [0, 0.05) is 22.6 Å². The molecule has 0 atom stereocenters. The van der Waals surface area contributed by atoms with Crippen molar-refractivity contribution in [3.63, 3.8) is 0 Å². The highest BCUT2D eigenvalue weighted by molar-refractivity contribution is 6.09. The van der Waals surface area contributed by atoms with E-state index in [2.05, 4.69) is 133 Å². The summed E-state index contributed by atoms with van der Waals surface area (Å²) in [6.07, 6.45) is 4.52. The van der Waals surface area contributed by atoms with E-state index in [4.69, 9.17) is 4.98 Å². The maximum Gasteiger partial charge on any atom is 0.160 e. The molecule has 0 N–H and O–H groups in total. The van der Waals surface area contributed by atoms with Crippen LogP contribution in [-0.2, 0) is 5.41 Å². The fraction of sp³-hybridized carbons (Fsp3) is 0.0882. The first-order valence-corrected chi connectivity index (χ1v) is 12.8. The quantitative estimate of drug-likeness (QED) is 0.251. The smallest absolute Gasteiger partial charge is 0.160 e. The van der Waals surface area contributed by atoms with Crippen LogP contribution >= 0.6 is 0 Å². The van der Waals surface area contributed by atoms with Gasteiger partial charge in [-0.25, -0.2) is 9.66 Å². The zero-order chi connectivity index (χ0) is 24.7. The van der Waals surface area contributed by atoms with Crippen LogP contribution in [0.15, 0.2) is 109 Å². The van der Waals surface area contributed by atoms with Crippen molar-refractivity contribution in [2.24, 2.45) is 0 Å². The monoisotopic (exact) mass is 475 g/mol. The van der Waals surface area contributed by atoms with Crippen molar-refractivity contribution >= 4 is 33.6 Å². The van der Waals surface area contributed by atoms with Gasteiger partial charge in [-0.15, -0.1) is 0 Å². The molecule has 0 fully saturated rings. The summed E-state index contributed by atoms with van der Waals surface area (Å²) in [5.41, 5.74) is 11.1. The highest BCUT2D eigenvalue weighted by Gasteiger charge is 2.38. The van der Waals surface area contributed by atoms with Gasteiger partial charge in [-0.2, -0.15) is 0 Å². The molecule has 0 spiro atoms. The fourth-order valence-electron chi connectivity index (χ4n) is 6.41. The molecule has 0 radical (unpaired) electrons. The Morgan fingerprint density at radius 3 is 2.41 bits per heavy atom. The first-order chi connectivity index (χ1) is 18.1. The maximum atomic E-state index is 5.07. The molecule has 0 saturated heterocycles. The summed E-state index contributed by atoms with van der Waals surface area (Å²) in [5, 5.41) is 4.82. The molecule has 1 aliphatic heterocycles. The largest absolute Gasteiger partial charge is 0.254 e. The van der Waals surface area contributed by atoms with Crippen LogP contribution in [0.1, 0.15) is 30.5 Å². The summed E-state index contributed by atoms with van der Waals surface area (Å²) >= 11 is 0. The summed E-state index contributed by atoms with van der Waals surface area (Å²) in [7, 11) is 0. The minimum atomic E-state index is -0.0291. The molecule has 2 heterocycles. The highest BCUT2D eigenvalue weighted by atomic mass is 15.6. The molecule has 0 amide bonds. The molecule has 3 heteroatoms. The standard InChI is InChI=1S/C34H25N3/c1-34(2)26-15-7-6-14-24(26)32-25-19-20-36(30-18-10-13-23(31(25)30)21-27(32)34)37-29-17-9-8-16-28(29)35-33(37)22-11-4-3-5-12-22/h3-21H,1-2H3. The van der Waals surface area contributed by atoms with E-state index in [1.807, 2.05) is 6.07 Å². The van der Waals surface area contributed by atoms with E-state index in [1.54, 1.807) is 0 Å². The number of fused-ring (bicyclic) bond motifs is 5. The van der Waals surface area contributed by atoms with E-state index in [9.17, 15) is 0 Å². The van der Waals surface area contributed by atoms with Gasteiger partial charge in [0.05, 0.1) is 16.7 Å². The number of imidazole rings is 1. The number of rotatable bonds is 2. The van der Waals surface area contributed by atoms with Crippen LogP contribution in [0, 0.1) is 0 Å². The van der Waals surface area contributed by atoms with Gasteiger partial charge in [0.1, 0.15) is 0 Å². The SMILES string of the molecule is CC1(C)c2ccccc2-c2c1cc1cccc3c1c2C=CN3n1c(-c2ccccc2)nc2ccccc21. The van der Waals surface area contributed by atoms with E-state index < -0.39 is 0 Å². The van der Waals surface area contributed by atoms with Crippen molar-refractivity contribution in [2.45, 2.75) is 19.3 Å². The highest BCUT2D eigenvalue weighted by Crippen LogP contribution is 2.53. The zero-order valence-corrected chi connectivity index (χ0v) is 20.8. The van der Waals surface area contributed by atoms with Crippen LogP contribution in [0.3, 0.4) is 0 Å². The van der Waals surface area contributed by atoms with Crippen LogP contribution in [0.5, 0.6) is 0 Å². The lowest BCUT2D eigenvalue weighted by atomic mass is 9.81. The van der Waals surface area contributed by atoms with E-state index in [0.29, 0.717) is 0 Å². The van der Waals surface area contributed by atoms with E-state index in [1.165, 1.54) is 44.3 Å². The number of hydrogen-bond donors (Lipinski definition) is 0. The van der Waals surface area contributed by atoms with Gasteiger partial charge in [0.25, 0.3) is 0 Å². The second-order valence-corrected chi connectivity index (χ2v) is 10.5. The average Bonchev–Trinajstić information content (AvgIpc) is 3.43. The molecule has 5 aromatic carbocycles. The molecule has 6 aromatic rings. The summed E-state index contributed by atoms with van der Waals surface area (Å²) in [6.45, 7) is 4.70. The molecular weight excluding hydrogens is 450 g/mol. The lowest BCUT2D eigenvalue weighted by Crippen LogP contribution is -2.26. The van der Waals surface area contributed by atoms with Crippen LogP contribution in [0.4, 0.5) is 5.69 Å². The van der Waals surface area contributed by atoms with Gasteiger partial charge in [-0.1, -0.05) is 92.7 Å². The Bertz CT molecular complexity index is 1910. The molecule has 37 heavy (non-hydrogen) atoms. The molecule has 0 unspecified atom stereocenters. The van der Waals surface area contributed by atoms with Gasteiger partial charge in [0.15, 0.2) is 5.82 Å². The number of nitrogens with zero attached hydrogens (tertiary/aromatic N) is 3. The zero-order valence-electron chi connectivity index (χ0n) is 20.8. The van der Waals surface area contributed by atoms with Crippen LogP contribution in [0.25, 0.3) is 50.4 Å². The molecule has 1 aliphatic carbocycles. The fourth-order valence-corrected chi connectivity index (χ4v) is 6.41. The topological polar surface area (TPSA) is 21.1 Å². The number of para-hydroxylation sites is 2. The number of anilines is 1. The first-order valence-electron chi connectivity index (χ1n) is 12.8. The first kappa shape index (κ1) is 20.6. The Hall–Kier alpha value is -4.63. The van der Waals surface area contributed by atoms with Crippen molar-refractivity contribution in [3.05, 3.63) is 126 Å². The normalized spacial score (nSPS) is 14.8. The van der Waals surface area contributed by atoms with Gasteiger partial charge in [-0.3, -0.25) is 5.01 Å². The summed E-state index contributed by atoms with van der Waals surface area (Å²) in [5.74, 6) is 0.930. The molecule has 0 bridgehead atoms. The third-order valence-corrected chi connectivity index (χ3v) is 8.14. The van der Waals surface area contributed by atoms with E-state index in [-0.39, 0.29) is 5.41 Å². The predicted molar refractivity (Wildman–Crippen MR) is 154 cm³/mol. The minimum Gasteiger partial charge on any atom is -0.254 e. The van der Waals surface area contributed by atoms with Gasteiger partial charge in [0.2, 0.25) is 0 Å². The summed E-state index contributed by atoms with van der Waals surface area (Å²) in [6, 6.07) is 36.8. The Labute approximate surface area is 215 Å². The maximum absolute atomic E-state index is 5.07. The molecule has 8 rings (SSSR count). The Morgan fingerprint density at radius 1 is 0.730 bits per heavy atom. The number of benzene rings is 5. The Kier molecular flexibility index (Phi) is 4.00. The van der Waals surface area contributed by atoms with Crippen molar-refractivity contribution in [3.8, 4) is 22.5 Å².